The number of halogens is 3. The van der Waals surface area contributed by atoms with Gasteiger partial charge >= 0.3 is 0 Å². The SMILES string of the molecule is CCc1nc(Cl)c(C)c(-c2ccc(F)cc2Cl)n1. The van der Waals surface area contributed by atoms with E-state index in [1.54, 1.807) is 6.07 Å². The topological polar surface area (TPSA) is 25.8 Å². The Morgan fingerprint density at radius 2 is 1.94 bits per heavy atom. The van der Waals surface area contributed by atoms with Gasteiger partial charge < -0.3 is 0 Å². The maximum atomic E-state index is 13.0. The Labute approximate surface area is 115 Å². The van der Waals surface area contributed by atoms with Gasteiger partial charge in [-0.25, -0.2) is 14.4 Å². The summed E-state index contributed by atoms with van der Waals surface area (Å²) in [5.74, 6) is 0.262. The Kier molecular flexibility index (Phi) is 3.83. The van der Waals surface area contributed by atoms with Crippen LogP contribution in [0.15, 0.2) is 18.2 Å². The van der Waals surface area contributed by atoms with Crippen LogP contribution in [-0.4, -0.2) is 9.97 Å². The fourth-order valence-corrected chi connectivity index (χ4v) is 2.08. The van der Waals surface area contributed by atoms with Crippen LogP contribution in [0, 0.1) is 12.7 Å². The number of aryl methyl sites for hydroxylation is 1. The van der Waals surface area contributed by atoms with E-state index >= 15 is 0 Å². The standard InChI is InChI=1S/C13H11Cl2FN2/c1-3-11-17-12(7(2)13(15)18-11)9-5-4-8(16)6-10(9)14/h4-6H,3H2,1-2H3. The molecular weight excluding hydrogens is 274 g/mol. The molecule has 0 atom stereocenters. The first-order valence-corrected chi connectivity index (χ1v) is 6.27. The van der Waals surface area contributed by atoms with Crippen LogP contribution in [0.25, 0.3) is 11.3 Å². The molecule has 18 heavy (non-hydrogen) atoms. The van der Waals surface area contributed by atoms with Crippen molar-refractivity contribution >= 4 is 23.2 Å². The molecule has 0 radical (unpaired) electrons. The highest BCUT2D eigenvalue weighted by atomic mass is 35.5. The van der Waals surface area contributed by atoms with Gasteiger partial charge in [-0.3, -0.25) is 0 Å². The fraction of sp³-hybridized carbons (Fsp3) is 0.231. The summed E-state index contributed by atoms with van der Waals surface area (Å²) in [7, 11) is 0. The van der Waals surface area contributed by atoms with Crippen molar-refractivity contribution in [3.63, 3.8) is 0 Å². The van der Waals surface area contributed by atoms with Gasteiger partial charge in [0.1, 0.15) is 16.8 Å². The van der Waals surface area contributed by atoms with Crippen LogP contribution in [-0.2, 0) is 6.42 Å². The van der Waals surface area contributed by atoms with E-state index in [2.05, 4.69) is 9.97 Å². The zero-order valence-corrected chi connectivity index (χ0v) is 11.5. The Balaban J connectivity index is 2.66. The molecule has 0 aliphatic carbocycles. The molecule has 0 unspecified atom stereocenters. The summed E-state index contributed by atoms with van der Waals surface area (Å²) in [4.78, 5) is 8.57. The average molecular weight is 285 g/mol. The molecule has 0 fully saturated rings. The molecule has 0 bridgehead atoms. The van der Waals surface area contributed by atoms with Crippen LogP contribution >= 0.6 is 23.2 Å². The molecule has 0 N–H and O–H groups in total. The molecule has 5 heteroatoms. The second-order valence-electron chi connectivity index (χ2n) is 3.88. The van der Waals surface area contributed by atoms with E-state index < -0.39 is 0 Å². The minimum Gasteiger partial charge on any atom is -0.232 e. The molecule has 1 aromatic heterocycles. The van der Waals surface area contributed by atoms with E-state index in [9.17, 15) is 4.39 Å². The van der Waals surface area contributed by atoms with Gasteiger partial charge in [-0.05, 0) is 25.1 Å². The van der Waals surface area contributed by atoms with Crippen LogP contribution in [0.4, 0.5) is 4.39 Å². The molecule has 0 saturated heterocycles. The number of hydrogen-bond donors (Lipinski definition) is 0. The van der Waals surface area contributed by atoms with Crippen LogP contribution in [0.1, 0.15) is 18.3 Å². The number of aromatic nitrogens is 2. The molecular formula is C13H11Cl2FN2. The summed E-state index contributed by atoms with van der Waals surface area (Å²) in [5.41, 5.74) is 2.05. The number of nitrogens with zero attached hydrogens (tertiary/aromatic N) is 2. The normalized spacial score (nSPS) is 10.7. The number of rotatable bonds is 2. The van der Waals surface area contributed by atoms with Gasteiger partial charge in [0.2, 0.25) is 0 Å². The highest BCUT2D eigenvalue weighted by Crippen LogP contribution is 2.31. The van der Waals surface area contributed by atoms with Gasteiger partial charge in [-0.2, -0.15) is 0 Å². The highest BCUT2D eigenvalue weighted by molar-refractivity contribution is 6.33. The van der Waals surface area contributed by atoms with Crippen LogP contribution in [0.2, 0.25) is 10.2 Å². The third-order valence-corrected chi connectivity index (χ3v) is 3.32. The quantitative estimate of drug-likeness (QED) is 0.761. The molecule has 0 saturated carbocycles. The molecule has 1 heterocycles. The van der Waals surface area contributed by atoms with Crippen molar-refractivity contribution in [3.05, 3.63) is 45.6 Å². The van der Waals surface area contributed by atoms with Gasteiger partial charge in [0.05, 0.1) is 10.7 Å². The first-order chi connectivity index (χ1) is 8.52. The molecule has 0 spiro atoms. The summed E-state index contributed by atoms with van der Waals surface area (Å²) in [6.45, 7) is 3.76. The summed E-state index contributed by atoms with van der Waals surface area (Å²) in [6.07, 6.45) is 0.672. The van der Waals surface area contributed by atoms with E-state index in [0.29, 0.717) is 33.7 Å². The minimum atomic E-state index is -0.378. The van der Waals surface area contributed by atoms with Crippen molar-refractivity contribution in [2.75, 3.05) is 0 Å². The van der Waals surface area contributed by atoms with Crippen molar-refractivity contribution in [3.8, 4) is 11.3 Å². The van der Waals surface area contributed by atoms with Crippen molar-refractivity contribution < 1.29 is 4.39 Å². The lowest BCUT2D eigenvalue weighted by Gasteiger charge is -2.10. The summed E-state index contributed by atoms with van der Waals surface area (Å²) in [5, 5.41) is 0.715. The number of hydrogen-bond acceptors (Lipinski definition) is 2. The second kappa shape index (κ2) is 5.21. The molecule has 2 rings (SSSR count). The lowest BCUT2D eigenvalue weighted by Crippen LogP contribution is -2.00. The lowest BCUT2D eigenvalue weighted by molar-refractivity contribution is 0.628. The highest BCUT2D eigenvalue weighted by Gasteiger charge is 2.13. The van der Waals surface area contributed by atoms with Gasteiger partial charge in [0.15, 0.2) is 0 Å². The first-order valence-electron chi connectivity index (χ1n) is 5.51. The third kappa shape index (κ3) is 2.47. The molecule has 94 valence electrons. The van der Waals surface area contributed by atoms with E-state index in [-0.39, 0.29) is 5.82 Å². The Morgan fingerprint density at radius 3 is 2.56 bits per heavy atom. The molecule has 2 nitrogen and oxygen atoms in total. The third-order valence-electron chi connectivity index (χ3n) is 2.64. The first kappa shape index (κ1) is 13.2. The summed E-state index contributed by atoms with van der Waals surface area (Å²) in [6, 6.07) is 4.21. The summed E-state index contributed by atoms with van der Waals surface area (Å²) < 4.78 is 13.0. The van der Waals surface area contributed by atoms with Gasteiger partial charge in [0, 0.05) is 17.5 Å². The zero-order chi connectivity index (χ0) is 13.3. The van der Waals surface area contributed by atoms with E-state index in [4.69, 9.17) is 23.2 Å². The monoisotopic (exact) mass is 284 g/mol. The Bertz CT molecular complexity index is 600. The van der Waals surface area contributed by atoms with Crippen molar-refractivity contribution in [1.82, 2.24) is 9.97 Å². The molecule has 2 aromatic rings. The van der Waals surface area contributed by atoms with E-state index in [0.717, 1.165) is 5.56 Å². The largest absolute Gasteiger partial charge is 0.232 e. The summed E-state index contributed by atoms with van der Waals surface area (Å²) >= 11 is 12.1. The molecule has 0 aliphatic rings. The predicted molar refractivity (Wildman–Crippen MR) is 71.6 cm³/mol. The van der Waals surface area contributed by atoms with Crippen molar-refractivity contribution in [2.45, 2.75) is 20.3 Å². The number of benzene rings is 1. The van der Waals surface area contributed by atoms with Gasteiger partial charge in [-0.1, -0.05) is 30.1 Å². The lowest BCUT2D eigenvalue weighted by atomic mass is 10.1. The zero-order valence-electron chi connectivity index (χ0n) is 9.97. The van der Waals surface area contributed by atoms with Crippen LogP contribution < -0.4 is 0 Å². The molecule has 0 aliphatic heterocycles. The Hall–Kier alpha value is -1.19. The van der Waals surface area contributed by atoms with Crippen LogP contribution in [0.3, 0.4) is 0 Å². The van der Waals surface area contributed by atoms with Gasteiger partial charge in [-0.15, -0.1) is 0 Å². The smallest absolute Gasteiger partial charge is 0.136 e. The maximum absolute atomic E-state index is 13.0. The van der Waals surface area contributed by atoms with Gasteiger partial charge in [0.25, 0.3) is 0 Å². The maximum Gasteiger partial charge on any atom is 0.136 e. The predicted octanol–water partition coefficient (Wildman–Crippen LogP) is 4.46. The van der Waals surface area contributed by atoms with E-state index in [1.165, 1.54) is 12.1 Å². The molecule has 0 amide bonds. The van der Waals surface area contributed by atoms with Crippen molar-refractivity contribution in [2.24, 2.45) is 0 Å². The minimum absolute atomic E-state index is 0.315. The van der Waals surface area contributed by atoms with Crippen LogP contribution in [0.5, 0.6) is 0 Å². The van der Waals surface area contributed by atoms with E-state index in [1.807, 2.05) is 13.8 Å². The van der Waals surface area contributed by atoms with Crippen molar-refractivity contribution in [1.29, 1.82) is 0 Å². The molecule has 1 aromatic carbocycles. The second-order valence-corrected chi connectivity index (χ2v) is 4.65. The Morgan fingerprint density at radius 1 is 1.22 bits per heavy atom. The average Bonchev–Trinajstić information content (AvgIpc) is 2.33. The fourth-order valence-electron chi connectivity index (χ4n) is 1.63.